The molecule has 0 radical (unpaired) electrons. The zero-order chi connectivity index (χ0) is 15.7. The van der Waals surface area contributed by atoms with Crippen LogP contribution in [0.25, 0.3) is 0 Å². The topological polar surface area (TPSA) is 60.9 Å². The van der Waals surface area contributed by atoms with E-state index in [0.29, 0.717) is 0 Å². The molecule has 0 spiro atoms. The molecule has 0 aliphatic rings. The molecule has 0 aromatic carbocycles. The van der Waals surface area contributed by atoms with E-state index >= 15 is 0 Å². The van der Waals surface area contributed by atoms with Crippen LogP contribution >= 0.6 is 0 Å². The molecule has 0 aliphatic carbocycles. The lowest BCUT2D eigenvalue weighted by Crippen LogP contribution is -2.50. The molecule has 1 atom stereocenters. The molecule has 0 aromatic heterocycles. The Hall–Kier alpha value is -1.26. The third kappa shape index (κ3) is 6.26. The average Bonchev–Trinajstić information content (AvgIpc) is 2.38. The standard InChI is InChI=1S/C15H30N2O3/c1-6-8-10-17(13(5)7-2)15(20)16(12(3)4)11-9-14(18)19/h12-13H,6-11H2,1-5H3,(H,18,19). The second-order valence-corrected chi connectivity index (χ2v) is 5.52. The zero-order valence-electron chi connectivity index (χ0n) is 13.6. The highest BCUT2D eigenvalue weighted by molar-refractivity contribution is 5.76. The number of carboxylic acids is 1. The summed E-state index contributed by atoms with van der Waals surface area (Å²) in [7, 11) is 0. The Morgan fingerprint density at radius 1 is 1.05 bits per heavy atom. The highest BCUT2D eigenvalue weighted by Gasteiger charge is 2.26. The number of hydrogen-bond acceptors (Lipinski definition) is 2. The summed E-state index contributed by atoms with van der Waals surface area (Å²) in [6, 6.07) is 0.152. The number of amides is 2. The van der Waals surface area contributed by atoms with Crippen molar-refractivity contribution < 1.29 is 14.7 Å². The summed E-state index contributed by atoms with van der Waals surface area (Å²) >= 11 is 0. The molecule has 5 nitrogen and oxygen atoms in total. The van der Waals surface area contributed by atoms with Crippen LogP contribution in [0.2, 0.25) is 0 Å². The van der Waals surface area contributed by atoms with E-state index in [4.69, 9.17) is 5.11 Å². The number of hydrogen-bond donors (Lipinski definition) is 1. The molecule has 0 rings (SSSR count). The van der Waals surface area contributed by atoms with Crippen molar-refractivity contribution in [2.45, 2.75) is 72.4 Å². The van der Waals surface area contributed by atoms with Crippen molar-refractivity contribution in [3.05, 3.63) is 0 Å². The number of aliphatic carboxylic acids is 1. The van der Waals surface area contributed by atoms with Gasteiger partial charge in [-0.3, -0.25) is 4.79 Å². The van der Waals surface area contributed by atoms with Gasteiger partial charge in [0.1, 0.15) is 0 Å². The summed E-state index contributed by atoms with van der Waals surface area (Å²) in [5, 5.41) is 8.81. The SMILES string of the molecule is CCCCN(C(=O)N(CCC(=O)O)C(C)C)C(C)CC. The van der Waals surface area contributed by atoms with E-state index in [2.05, 4.69) is 13.8 Å². The first-order valence-corrected chi connectivity index (χ1v) is 7.64. The molecule has 0 aromatic rings. The van der Waals surface area contributed by atoms with E-state index in [1.807, 2.05) is 25.7 Å². The van der Waals surface area contributed by atoms with Crippen LogP contribution in [0.15, 0.2) is 0 Å². The van der Waals surface area contributed by atoms with Gasteiger partial charge in [-0.05, 0) is 33.6 Å². The summed E-state index contributed by atoms with van der Waals surface area (Å²) in [6.07, 6.45) is 2.91. The summed E-state index contributed by atoms with van der Waals surface area (Å²) in [5.74, 6) is -0.868. The number of unbranched alkanes of at least 4 members (excludes halogenated alkanes) is 1. The molecule has 2 amide bonds. The summed E-state index contributed by atoms with van der Waals surface area (Å²) in [5.41, 5.74) is 0. The van der Waals surface area contributed by atoms with E-state index in [9.17, 15) is 9.59 Å². The molecule has 0 saturated heterocycles. The van der Waals surface area contributed by atoms with Gasteiger partial charge in [-0.2, -0.15) is 0 Å². The van der Waals surface area contributed by atoms with Crippen molar-refractivity contribution in [2.75, 3.05) is 13.1 Å². The first kappa shape index (κ1) is 18.7. The Morgan fingerprint density at radius 3 is 2.05 bits per heavy atom. The maximum Gasteiger partial charge on any atom is 0.320 e. The zero-order valence-corrected chi connectivity index (χ0v) is 13.6. The predicted octanol–water partition coefficient (Wildman–Crippen LogP) is 3.19. The normalized spacial score (nSPS) is 12.3. The molecular weight excluding hydrogens is 256 g/mol. The van der Waals surface area contributed by atoms with E-state index < -0.39 is 5.97 Å². The molecule has 1 unspecified atom stereocenters. The van der Waals surface area contributed by atoms with Gasteiger partial charge in [0.25, 0.3) is 0 Å². The van der Waals surface area contributed by atoms with Crippen LogP contribution in [-0.2, 0) is 4.79 Å². The fourth-order valence-electron chi connectivity index (χ4n) is 2.01. The van der Waals surface area contributed by atoms with Gasteiger partial charge in [-0.1, -0.05) is 20.3 Å². The second kappa shape index (κ2) is 9.61. The van der Waals surface area contributed by atoms with Crippen LogP contribution in [0.3, 0.4) is 0 Å². The molecule has 0 aliphatic heterocycles. The van der Waals surface area contributed by atoms with Gasteiger partial charge in [-0.25, -0.2) is 4.79 Å². The molecule has 0 bridgehead atoms. The smallest absolute Gasteiger partial charge is 0.320 e. The number of carbonyl (C=O) groups excluding carboxylic acids is 1. The Kier molecular flexibility index (Phi) is 9.01. The van der Waals surface area contributed by atoms with Crippen LogP contribution < -0.4 is 0 Å². The van der Waals surface area contributed by atoms with E-state index in [1.165, 1.54) is 0 Å². The molecule has 5 heteroatoms. The maximum atomic E-state index is 12.7. The van der Waals surface area contributed by atoms with Gasteiger partial charge in [0.2, 0.25) is 0 Å². The highest BCUT2D eigenvalue weighted by Crippen LogP contribution is 2.12. The number of nitrogens with zero attached hydrogens (tertiary/aromatic N) is 2. The Morgan fingerprint density at radius 2 is 1.65 bits per heavy atom. The maximum absolute atomic E-state index is 12.7. The third-order valence-electron chi connectivity index (χ3n) is 3.56. The molecule has 118 valence electrons. The van der Waals surface area contributed by atoms with E-state index in [0.717, 1.165) is 25.8 Å². The third-order valence-corrected chi connectivity index (χ3v) is 3.56. The lowest BCUT2D eigenvalue weighted by atomic mass is 10.2. The first-order chi connectivity index (χ1) is 9.34. The molecule has 1 N–H and O–H groups in total. The van der Waals surface area contributed by atoms with Crippen LogP contribution in [0, 0.1) is 0 Å². The minimum atomic E-state index is -0.868. The van der Waals surface area contributed by atoms with Crippen LogP contribution in [0.4, 0.5) is 4.79 Å². The van der Waals surface area contributed by atoms with Crippen LogP contribution in [-0.4, -0.2) is 52.1 Å². The highest BCUT2D eigenvalue weighted by atomic mass is 16.4. The Bertz CT molecular complexity index is 305. The summed E-state index contributed by atoms with van der Waals surface area (Å²) < 4.78 is 0. The van der Waals surface area contributed by atoms with Crippen molar-refractivity contribution in [3.63, 3.8) is 0 Å². The lowest BCUT2D eigenvalue weighted by molar-refractivity contribution is -0.137. The Balaban J connectivity index is 4.89. The molecular formula is C15H30N2O3. The number of carboxylic acid groups (broad SMARTS) is 1. The van der Waals surface area contributed by atoms with Crippen molar-refractivity contribution >= 4 is 12.0 Å². The second-order valence-electron chi connectivity index (χ2n) is 5.52. The van der Waals surface area contributed by atoms with Crippen molar-refractivity contribution in [2.24, 2.45) is 0 Å². The van der Waals surface area contributed by atoms with Crippen LogP contribution in [0.5, 0.6) is 0 Å². The molecule has 0 fully saturated rings. The fourth-order valence-corrected chi connectivity index (χ4v) is 2.01. The summed E-state index contributed by atoms with van der Waals surface area (Å²) in [6.45, 7) is 11.1. The van der Waals surface area contributed by atoms with Gasteiger partial charge in [0, 0.05) is 25.2 Å². The van der Waals surface area contributed by atoms with Crippen molar-refractivity contribution in [3.8, 4) is 0 Å². The Labute approximate surface area is 122 Å². The first-order valence-electron chi connectivity index (χ1n) is 7.64. The van der Waals surface area contributed by atoms with Gasteiger partial charge in [0.05, 0.1) is 6.42 Å². The fraction of sp³-hybridized carbons (Fsp3) is 0.867. The van der Waals surface area contributed by atoms with Gasteiger partial charge in [0.15, 0.2) is 0 Å². The van der Waals surface area contributed by atoms with Gasteiger partial charge >= 0.3 is 12.0 Å². The number of carbonyl (C=O) groups is 2. The lowest BCUT2D eigenvalue weighted by Gasteiger charge is -2.36. The van der Waals surface area contributed by atoms with Crippen molar-refractivity contribution in [1.29, 1.82) is 0 Å². The van der Waals surface area contributed by atoms with Crippen molar-refractivity contribution in [1.82, 2.24) is 9.80 Å². The largest absolute Gasteiger partial charge is 0.481 e. The average molecular weight is 286 g/mol. The molecule has 20 heavy (non-hydrogen) atoms. The number of urea groups is 1. The van der Waals surface area contributed by atoms with Gasteiger partial charge in [-0.15, -0.1) is 0 Å². The monoisotopic (exact) mass is 286 g/mol. The van der Waals surface area contributed by atoms with Crippen LogP contribution in [0.1, 0.15) is 60.3 Å². The molecule has 0 heterocycles. The molecule has 0 saturated carbocycles. The van der Waals surface area contributed by atoms with E-state index in [-0.39, 0.29) is 31.1 Å². The predicted molar refractivity (Wildman–Crippen MR) is 80.9 cm³/mol. The quantitative estimate of drug-likeness (QED) is 0.708. The van der Waals surface area contributed by atoms with E-state index in [1.54, 1.807) is 4.90 Å². The van der Waals surface area contributed by atoms with Gasteiger partial charge < -0.3 is 14.9 Å². The minimum absolute atomic E-state index is 0.00789. The minimum Gasteiger partial charge on any atom is -0.481 e. The number of rotatable bonds is 9. The summed E-state index contributed by atoms with van der Waals surface area (Å²) in [4.78, 5) is 26.9.